The average Bonchev–Trinajstić information content (AvgIpc) is 2.85. The topological polar surface area (TPSA) is 57.2 Å². The lowest BCUT2D eigenvalue weighted by atomic mass is 9.65. The van der Waals surface area contributed by atoms with Crippen molar-refractivity contribution < 1.29 is 28.1 Å². The number of likely N-dealkylation sites (N-methyl/N-ethyl adjacent to an activating group) is 1. The summed E-state index contributed by atoms with van der Waals surface area (Å²) in [7, 11) is 5.35. The van der Waals surface area contributed by atoms with Crippen LogP contribution in [0.2, 0.25) is 0 Å². The van der Waals surface area contributed by atoms with Crippen molar-refractivity contribution in [1.82, 2.24) is 4.90 Å². The minimum absolute atomic E-state index is 0.0505. The van der Waals surface area contributed by atoms with E-state index in [4.69, 9.17) is 18.9 Å². The van der Waals surface area contributed by atoms with Crippen molar-refractivity contribution in [2.24, 2.45) is 5.92 Å². The van der Waals surface area contributed by atoms with Gasteiger partial charge in [0.15, 0.2) is 11.5 Å². The Morgan fingerprint density at radius 1 is 1.11 bits per heavy atom. The first-order valence-corrected chi connectivity index (χ1v) is 12.8. The highest BCUT2D eigenvalue weighted by molar-refractivity contribution is 5.61. The molecule has 0 radical (unpaired) electrons. The number of rotatable bonds is 11. The van der Waals surface area contributed by atoms with Gasteiger partial charge in [-0.05, 0) is 80.1 Å². The number of hydrogen-bond acceptors (Lipinski definition) is 6. The Kier molecular flexibility index (Phi) is 9.60. The average molecular weight is 502 g/mol. The van der Waals surface area contributed by atoms with E-state index >= 15 is 0 Å². The Morgan fingerprint density at radius 2 is 1.86 bits per heavy atom. The third-order valence-electron chi connectivity index (χ3n) is 7.19. The minimum atomic E-state index is -0.719. The van der Waals surface area contributed by atoms with Gasteiger partial charge >= 0.3 is 6.16 Å². The summed E-state index contributed by atoms with van der Waals surface area (Å²) < 4.78 is 36.1. The number of hydrogen-bond donors (Lipinski definition) is 0. The molecule has 1 aliphatic carbocycles. The highest BCUT2D eigenvalue weighted by Gasteiger charge is 2.48. The van der Waals surface area contributed by atoms with Gasteiger partial charge < -0.3 is 23.8 Å². The van der Waals surface area contributed by atoms with E-state index in [1.807, 2.05) is 24.3 Å². The van der Waals surface area contributed by atoms with Crippen molar-refractivity contribution in [2.45, 2.75) is 58.0 Å². The fourth-order valence-electron chi connectivity index (χ4n) is 5.45. The Hall–Kier alpha value is -2.80. The van der Waals surface area contributed by atoms with Crippen LogP contribution >= 0.6 is 0 Å². The molecule has 3 rings (SSSR count). The van der Waals surface area contributed by atoms with Crippen LogP contribution in [0.25, 0.3) is 0 Å². The van der Waals surface area contributed by atoms with Crippen molar-refractivity contribution in [3.05, 3.63) is 58.9 Å². The molecule has 7 heteroatoms. The molecule has 0 unspecified atom stereocenters. The van der Waals surface area contributed by atoms with Gasteiger partial charge in [0, 0.05) is 25.4 Å². The van der Waals surface area contributed by atoms with Crippen LogP contribution in [0.1, 0.15) is 56.2 Å². The smallest absolute Gasteiger partial charge is 0.493 e. The number of ether oxygens (including phenoxy) is 4. The van der Waals surface area contributed by atoms with E-state index in [0.29, 0.717) is 25.0 Å². The maximum absolute atomic E-state index is 14.0. The van der Waals surface area contributed by atoms with E-state index in [2.05, 4.69) is 25.8 Å². The van der Waals surface area contributed by atoms with Crippen molar-refractivity contribution in [3.8, 4) is 11.5 Å². The zero-order chi connectivity index (χ0) is 26.3. The first kappa shape index (κ1) is 27.8. The number of benzene rings is 2. The third kappa shape index (κ3) is 6.49. The molecule has 0 bridgehead atoms. The van der Waals surface area contributed by atoms with Crippen LogP contribution in [0.15, 0.2) is 36.4 Å². The molecule has 0 saturated heterocycles. The van der Waals surface area contributed by atoms with Crippen molar-refractivity contribution in [2.75, 3.05) is 41.0 Å². The summed E-state index contributed by atoms with van der Waals surface area (Å²) in [6, 6.07) is 11.0. The summed E-state index contributed by atoms with van der Waals surface area (Å²) in [4.78, 5) is 14.8. The van der Waals surface area contributed by atoms with Gasteiger partial charge in [-0.2, -0.15) is 0 Å². The van der Waals surface area contributed by atoms with E-state index in [1.54, 1.807) is 27.2 Å². The minimum Gasteiger partial charge on any atom is -0.493 e. The maximum Gasteiger partial charge on any atom is 0.508 e. The molecule has 0 spiro atoms. The van der Waals surface area contributed by atoms with E-state index in [0.717, 1.165) is 42.0 Å². The predicted octanol–water partition coefficient (Wildman–Crippen LogP) is 6.01. The second-order valence-electron chi connectivity index (χ2n) is 9.91. The maximum atomic E-state index is 14.0. The molecule has 2 aromatic carbocycles. The Labute approximate surface area is 214 Å². The fraction of sp³-hybridized carbons (Fsp3) is 0.552. The van der Waals surface area contributed by atoms with Gasteiger partial charge in [0.1, 0.15) is 11.4 Å². The van der Waals surface area contributed by atoms with Gasteiger partial charge in [-0.1, -0.05) is 26.0 Å². The number of nitrogens with zero attached hydrogens (tertiary/aromatic N) is 1. The largest absolute Gasteiger partial charge is 0.508 e. The molecule has 0 amide bonds. The summed E-state index contributed by atoms with van der Waals surface area (Å²) in [5, 5.41) is 0. The Morgan fingerprint density at radius 3 is 2.53 bits per heavy atom. The molecular weight excluding hydrogens is 461 g/mol. The van der Waals surface area contributed by atoms with E-state index in [9.17, 15) is 9.18 Å². The summed E-state index contributed by atoms with van der Waals surface area (Å²) in [5.74, 6) is 1.35. The first-order valence-electron chi connectivity index (χ1n) is 12.8. The molecule has 0 aromatic heterocycles. The van der Waals surface area contributed by atoms with Gasteiger partial charge in [-0.3, -0.25) is 0 Å². The SMILES string of the molecule is CCOC(=O)O[C@]1(CCN(C)CCc2ccc(OC)c(OC)c2)CCc2cc(F)ccc2[C@@H]1C(C)C. The molecule has 36 heavy (non-hydrogen) atoms. The van der Waals surface area contributed by atoms with Gasteiger partial charge in [0.2, 0.25) is 0 Å². The number of aryl methyl sites for hydroxylation is 1. The van der Waals surface area contributed by atoms with Gasteiger partial charge in [-0.15, -0.1) is 0 Å². The van der Waals surface area contributed by atoms with Crippen LogP contribution in [0, 0.1) is 11.7 Å². The molecule has 0 fully saturated rings. The summed E-state index contributed by atoms with van der Waals surface area (Å²) in [6.07, 6.45) is 2.16. The van der Waals surface area contributed by atoms with Crippen LogP contribution < -0.4 is 9.47 Å². The lowest BCUT2D eigenvalue weighted by Gasteiger charge is -2.46. The normalized spacial score (nSPS) is 19.2. The summed E-state index contributed by atoms with van der Waals surface area (Å²) in [6.45, 7) is 7.87. The highest BCUT2D eigenvalue weighted by atomic mass is 19.1. The monoisotopic (exact) mass is 501 g/mol. The molecule has 198 valence electrons. The first-order chi connectivity index (χ1) is 17.2. The number of fused-ring (bicyclic) bond motifs is 1. The van der Waals surface area contributed by atoms with Crippen LogP contribution in [0.3, 0.4) is 0 Å². The fourth-order valence-corrected chi connectivity index (χ4v) is 5.45. The number of carbonyl (C=O) groups excluding carboxylic acids is 1. The molecule has 6 nitrogen and oxygen atoms in total. The Bertz CT molecular complexity index is 1030. The van der Waals surface area contributed by atoms with Crippen molar-refractivity contribution in [1.29, 1.82) is 0 Å². The van der Waals surface area contributed by atoms with Gasteiger partial charge in [-0.25, -0.2) is 9.18 Å². The van der Waals surface area contributed by atoms with Crippen LogP contribution in [0.5, 0.6) is 11.5 Å². The summed E-state index contributed by atoms with van der Waals surface area (Å²) in [5.41, 5.74) is 2.50. The second kappa shape index (κ2) is 12.4. The quantitative estimate of drug-likeness (QED) is 0.352. The van der Waals surface area contributed by atoms with Crippen LogP contribution in [0.4, 0.5) is 9.18 Å². The molecule has 0 N–H and O–H groups in total. The van der Waals surface area contributed by atoms with Crippen LogP contribution in [-0.2, 0) is 22.3 Å². The van der Waals surface area contributed by atoms with Gasteiger partial charge in [0.05, 0.1) is 20.8 Å². The van der Waals surface area contributed by atoms with Crippen molar-refractivity contribution >= 4 is 6.16 Å². The zero-order valence-corrected chi connectivity index (χ0v) is 22.4. The third-order valence-corrected chi connectivity index (χ3v) is 7.19. The molecule has 0 saturated carbocycles. The van der Waals surface area contributed by atoms with E-state index in [1.165, 1.54) is 6.07 Å². The lowest BCUT2D eigenvalue weighted by molar-refractivity contribution is -0.0743. The van der Waals surface area contributed by atoms with Crippen molar-refractivity contribution in [3.63, 3.8) is 0 Å². The van der Waals surface area contributed by atoms with E-state index < -0.39 is 11.8 Å². The van der Waals surface area contributed by atoms with E-state index in [-0.39, 0.29) is 24.3 Å². The molecule has 2 aromatic rings. The highest BCUT2D eigenvalue weighted by Crippen LogP contribution is 2.48. The lowest BCUT2D eigenvalue weighted by Crippen LogP contribution is -2.48. The molecule has 0 aliphatic heterocycles. The number of carbonyl (C=O) groups is 1. The van der Waals surface area contributed by atoms with Crippen LogP contribution in [-0.4, -0.2) is 57.6 Å². The zero-order valence-electron chi connectivity index (χ0n) is 22.4. The number of methoxy groups -OCH3 is 2. The summed E-state index contributed by atoms with van der Waals surface area (Å²) >= 11 is 0. The Balaban J connectivity index is 1.77. The predicted molar refractivity (Wildman–Crippen MR) is 139 cm³/mol. The molecular formula is C29H40FNO5. The number of halogens is 1. The molecule has 0 heterocycles. The standard InChI is InChI=1S/C29H40FNO5/c1-7-35-28(32)36-29(14-12-22-19-23(30)9-10-24(22)27(29)20(2)3)15-17-31(4)16-13-21-8-11-25(33-5)26(18-21)34-6/h8-11,18-20,27H,7,12-17H2,1-6H3/t27-,29-/m0/s1. The van der Waals surface area contributed by atoms with Gasteiger partial charge in [0.25, 0.3) is 0 Å². The molecule has 2 atom stereocenters. The molecule has 1 aliphatic rings. The second-order valence-corrected chi connectivity index (χ2v) is 9.91.